The van der Waals surface area contributed by atoms with E-state index >= 15 is 0 Å². The van der Waals surface area contributed by atoms with Gasteiger partial charge in [0.1, 0.15) is 6.04 Å². The van der Waals surface area contributed by atoms with Crippen molar-refractivity contribution in [1.82, 2.24) is 15.5 Å². The number of rotatable bonds is 10. The molecule has 7 heteroatoms. The van der Waals surface area contributed by atoms with Gasteiger partial charge in [0.15, 0.2) is 0 Å². The highest BCUT2D eigenvalue weighted by molar-refractivity contribution is 5.97. The number of aliphatic hydroxyl groups is 1. The van der Waals surface area contributed by atoms with E-state index in [1.807, 2.05) is 32.9 Å². The van der Waals surface area contributed by atoms with Crippen LogP contribution in [0.4, 0.5) is 0 Å². The maximum Gasteiger partial charge on any atom is 0.243 e. The highest BCUT2D eigenvalue weighted by Gasteiger charge is 2.58. The molecule has 0 spiro atoms. The van der Waals surface area contributed by atoms with Gasteiger partial charge in [0, 0.05) is 19.5 Å². The van der Waals surface area contributed by atoms with E-state index in [1.54, 1.807) is 11.9 Å². The summed E-state index contributed by atoms with van der Waals surface area (Å²) in [6.07, 6.45) is 7.68. The molecular formula is C23H39N3O4. The summed E-state index contributed by atoms with van der Waals surface area (Å²) in [5.74, 6) is -2.08. The van der Waals surface area contributed by atoms with Crippen LogP contribution in [0.5, 0.6) is 0 Å². The van der Waals surface area contributed by atoms with Gasteiger partial charge in [-0.1, -0.05) is 52.7 Å². The SMILES string of the molecule is CCCCCNC(=O)[C@@H]1[C@H]2C=C[C@@H](CC)[C@@H](C(=O)NC)[C@@H]2C(=O)N1[C@@H](CO)C(C)C. The quantitative estimate of drug-likeness (QED) is 0.369. The Bertz CT molecular complexity index is 648. The molecule has 1 aliphatic heterocycles. The minimum Gasteiger partial charge on any atom is -0.394 e. The maximum atomic E-state index is 13.6. The third kappa shape index (κ3) is 4.71. The number of allylic oxidation sites excluding steroid dienone is 1. The zero-order valence-electron chi connectivity index (χ0n) is 19.1. The standard InChI is InChI=1S/C23H39N3O4/c1-6-8-9-12-25-22(29)20-16-11-10-15(7-2)18(21(28)24-5)19(16)23(30)26(20)17(13-27)14(3)4/h10-11,14-20,27H,6-9,12-13H2,1-5H3,(H,24,28)(H,25,29)/t15-,16+,17+,18-,19-,20+/m1/s1. The molecule has 30 heavy (non-hydrogen) atoms. The predicted molar refractivity (Wildman–Crippen MR) is 116 cm³/mol. The Morgan fingerprint density at radius 3 is 2.40 bits per heavy atom. The fraction of sp³-hybridized carbons (Fsp3) is 0.783. The molecule has 1 fully saturated rings. The first-order valence-corrected chi connectivity index (χ1v) is 11.4. The zero-order chi connectivity index (χ0) is 22.4. The van der Waals surface area contributed by atoms with Crippen LogP contribution >= 0.6 is 0 Å². The van der Waals surface area contributed by atoms with Crippen LogP contribution < -0.4 is 10.6 Å². The van der Waals surface area contributed by atoms with Gasteiger partial charge in [0.2, 0.25) is 17.7 Å². The zero-order valence-corrected chi connectivity index (χ0v) is 19.1. The van der Waals surface area contributed by atoms with Crippen molar-refractivity contribution in [2.24, 2.45) is 29.6 Å². The summed E-state index contributed by atoms with van der Waals surface area (Å²) >= 11 is 0. The van der Waals surface area contributed by atoms with Crippen molar-refractivity contribution in [2.45, 2.75) is 65.5 Å². The summed E-state index contributed by atoms with van der Waals surface area (Å²) in [5.41, 5.74) is 0. The molecule has 0 unspecified atom stereocenters. The Labute approximate surface area is 180 Å². The molecule has 1 aliphatic carbocycles. The van der Waals surface area contributed by atoms with Crippen LogP contribution in [0.2, 0.25) is 0 Å². The fourth-order valence-electron chi connectivity index (χ4n) is 5.03. The molecule has 3 N–H and O–H groups in total. The number of likely N-dealkylation sites (tertiary alicyclic amines) is 1. The van der Waals surface area contributed by atoms with E-state index in [4.69, 9.17) is 0 Å². The third-order valence-electron chi connectivity index (χ3n) is 6.73. The Kier molecular flexibility index (Phi) is 8.89. The minimum absolute atomic E-state index is 0.0149. The van der Waals surface area contributed by atoms with Crippen LogP contribution in [-0.2, 0) is 14.4 Å². The second-order valence-corrected chi connectivity index (χ2v) is 8.88. The van der Waals surface area contributed by atoms with Crippen molar-refractivity contribution in [3.8, 4) is 0 Å². The number of carbonyl (C=O) groups excluding carboxylic acids is 3. The van der Waals surface area contributed by atoms with Crippen LogP contribution in [-0.4, -0.2) is 60.0 Å². The van der Waals surface area contributed by atoms with E-state index < -0.39 is 23.9 Å². The van der Waals surface area contributed by atoms with E-state index in [1.165, 1.54) is 0 Å². The third-order valence-corrected chi connectivity index (χ3v) is 6.73. The molecule has 0 aromatic heterocycles. The molecule has 0 saturated carbocycles. The van der Waals surface area contributed by atoms with Gasteiger partial charge in [-0.2, -0.15) is 0 Å². The first-order chi connectivity index (χ1) is 14.3. The number of amides is 3. The molecule has 0 bridgehead atoms. The average Bonchev–Trinajstić information content (AvgIpc) is 3.02. The fourth-order valence-corrected chi connectivity index (χ4v) is 5.03. The van der Waals surface area contributed by atoms with Crippen LogP contribution in [0, 0.1) is 29.6 Å². The van der Waals surface area contributed by atoms with Crippen LogP contribution in [0.3, 0.4) is 0 Å². The van der Waals surface area contributed by atoms with Crippen molar-refractivity contribution < 1.29 is 19.5 Å². The second kappa shape index (κ2) is 10.9. The molecule has 0 aromatic rings. The van der Waals surface area contributed by atoms with Crippen molar-refractivity contribution in [3.05, 3.63) is 12.2 Å². The summed E-state index contributed by atoms with van der Waals surface area (Å²) in [6, 6.07) is -1.17. The van der Waals surface area contributed by atoms with Gasteiger partial charge in [-0.3, -0.25) is 14.4 Å². The molecule has 1 heterocycles. The molecule has 2 aliphatic rings. The number of unbranched alkanes of at least 4 members (excludes halogenated alkanes) is 2. The Morgan fingerprint density at radius 2 is 1.87 bits per heavy atom. The lowest BCUT2D eigenvalue weighted by Gasteiger charge is -2.35. The van der Waals surface area contributed by atoms with E-state index in [0.29, 0.717) is 6.54 Å². The summed E-state index contributed by atoms with van der Waals surface area (Å²) < 4.78 is 0. The molecule has 170 valence electrons. The largest absolute Gasteiger partial charge is 0.394 e. The lowest BCUT2D eigenvalue weighted by atomic mass is 9.69. The van der Waals surface area contributed by atoms with Gasteiger partial charge < -0.3 is 20.6 Å². The van der Waals surface area contributed by atoms with Gasteiger partial charge >= 0.3 is 0 Å². The maximum absolute atomic E-state index is 13.6. The van der Waals surface area contributed by atoms with E-state index in [2.05, 4.69) is 17.6 Å². The Balaban J connectivity index is 2.43. The summed E-state index contributed by atoms with van der Waals surface area (Å²) in [7, 11) is 1.59. The molecule has 0 radical (unpaired) electrons. The Morgan fingerprint density at radius 1 is 1.17 bits per heavy atom. The normalized spacial score (nSPS) is 29.1. The van der Waals surface area contributed by atoms with Gasteiger partial charge in [0.25, 0.3) is 0 Å². The van der Waals surface area contributed by atoms with Crippen LogP contribution in [0.1, 0.15) is 53.4 Å². The minimum atomic E-state index is -0.704. The highest BCUT2D eigenvalue weighted by atomic mass is 16.3. The van der Waals surface area contributed by atoms with Gasteiger partial charge in [-0.05, 0) is 24.7 Å². The van der Waals surface area contributed by atoms with Crippen molar-refractivity contribution >= 4 is 17.7 Å². The first-order valence-electron chi connectivity index (χ1n) is 11.4. The van der Waals surface area contributed by atoms with E-state index in [9.17, 15) is 19.5 Å². The summed E-state index contributed by atoms with van der Waals surface area (Å²) in [6.45, 7) is 8.34. The van der Waals surface area contributed by atoms with Gasteiger partial charge in [-0.25, -0.2) is 0 Å². The molecule has 7 nitrogen and oxygen atoms in total. The van der Waals surface area contributed by atoms with Crippen molar-refractivity contribution in [2.75, 3.05) is 20.2 Å². The molecule has 0 aromatic carbocycles. The number of nitrogens with zero attached hydrogens (tertiary/aromatic N) is 1. The highest BCUT2D eigenvalue weighted by Crippen LogP contribution is 2.46. The first kappa shape index (κ1) is 24.4. The molecule has 1 saturated heterocycles. The number of fused-ring (bicyclic) bond motifs is 1. The monoisotopic (exact) mass is 421 g/mol. The van der Waals surface area contributed by atoms with Crippen LogP contribution in [0.25, 0.3) is 0 Å². The Hall–Kier alpha value is -1.89. The van der Waals surface area contributed by atoms with E-state index in [0.717, 1.165) is 25.7 Å². The topological polar surface area (TPSA) is 98.7 Å². The second-order valence-electron chi connectivity index (χ2n) is 8.88. The summed E-state index contributed by atoms with van der Waals surface area (Å²) in [4.78, 5) is 41.2. The lowest BCUT2D eigenvalue weighted by Crippen LogP contribution is -2.54. The number of hydrogen-bond donors (Lipinski definition) is 3. The smallest absolute Gasteiger partial charge is 0.243 e. The lowest BCUT2D eigenvalue weighted by molar-refractivity contribution is -0.144. The van der Waals surface area contributed by atoms with Gasteiger partial charge in [0.05, 0.1) is 24.5 Å². The number of hydrogen-bond acceptors (Lipinski definition) is 4. The molecular weight excluding hydrogens is 382 g/mol. The predicted octanol–water partition coefficient (Wildman–Crippen LogP) is 1.71. The number of nitrogens with one attached hydrogen (secondary N) is 2. The number of carbonyl (C=O) groups is 3. The molecule has 2 rings (SSSR count). The van der Waals surface area contributed by atoms with E-state index in [-0.39, 0.29) is 42.1 Å². The van der Waals surface area contributed by atoms with Gasteiger partial charge in [-0.15, -0.1) is 0 Å². The average molecular weight is 422 g/mol. The molecule has 6 atom stereocenters. The summed E-state index contributed by atoms with van der Waals surface area (Å²) in [5, 5.41) is 15.8. The van der Waals surface area contributed by atoms with Crippen molar-refractivity contribution in [3.63, 3.8) is 0 Å². The number of aliphatic hydroxyl groups excluding tert-OH is 1. The van der Waals surface area contributed by atoms with Crippen molar-refractivity contribution in [1.29, 1.82) is 0 Å². The van der Waals surface area contributed by atoms with Crippen LogP contribution in [0.15, 0.2) is 12.2 Å². The molecule has 3 amide bonds.